The van der Waals surface area contributed by atoms with Gasteiger partial charge in [-0.15, -0.1) is 0 Å². The highest BCUT2D eigenvalue weighted by molar-refractivity contribution is 5.91. The van der Waals surface area contributed by atoms with E-state index in [1.807, 2.05) is 18.2 Å². The first-order chi connectivity index (χ1) is 17.9. The number of nitrogens with zero attached hydrogens (tertiary/aromatic N) is 1. The van der Waals surface area contributed by atoms with Crippen LogP contribution in [0.3, 0.4) is 0 Å². The third-order valence-electron chi connectivity index (χ3n) is 6.01. The van der Waals surface area contributed by atoms with Crippen molar-refractivity contribution in [2.45, 2.75) is 32.1 Å². The van der Waals surface area contributed by atoms with E-state index < -0.39 is 17.7 Å². The lowest BCUT2D eigenvalue weighted by molar-refractivity contribution is 0.0734. The van der Waals surface area contributed by atoms with Crippen LogP contribution in [-0.2, 0) is 0 Å². The Labute approximate surface area is 214 Å². The van der Waals surface area contributed by atoms with Gasteiger partial charge in [0.1, 0.15) is 29.0 Å². The topological polar surface area (TPSA) is 104 Å². The van der Waals surface area contributed by atoms with Crippen molar-refractivity contribution >= 4 is 5.97 Å². The molecule has 0 aromatic heterocycles. The number of esters is 1. The van der Waals surface area contributed by atoms with Crippen LogP contribution in [0.15, 0.2) is 72.1 Å². The lowest BCUT2D eigenvalue weighted by atomic mass is 9.83. The maximum Gasteiger partial charge on any atom is 0.343 e. The number of carbonyl (C=O) groups is 1. The minimum atomic E-state index is -0.646. The van der Waals surface area contributed by atoms with Gasteiger partial charge in [-0.25, -0.2) is 9.18 Å². The first-order valence-electron chi connectivity index (χ1n) is 11.9. The van der Waals surface area contributed by atoms with Crippen LogP contribution in [0.5, 0.6) is 23.0 Å². The molecule has 4 rings (SSSR count). The van der Waals surface area contributed by atoms with Crippen molar-refractivity contribution in [2.24, 2.45) is 5.73 Å². The molecule has 0 saturated carbocycles. The highest BCUT2D eigenvalue weighted by Gasteiger charge is 2.32. The molecule has 1 unspecified atom stereocenters. The van der Waals surface area contributed by atoms with E-state index in [1.54, 1.807) is 19.2 Å². The number of methoxy groups -OCH3 is 1. The number of unbranched alkanes of at least 4 members (excludes halogenated alkanes) is 2. The minimum absolute atomic E-state index is 0.0409. The van der Waals surface area contributed by atoms with Crippen molar-refractivity contribution in [2.75, 3.05) is 13.7 Å². The number of benzene rings is 3. The summed E-state index contributed by atoms with van der Waals surface area (Å²) in [4.78, 5) is 12.5. The zero-order valence-corrected chi connectivity index (χ0v) is 20.6. The van der Waals surface area contributed by atoms with E-state index in [0.717, 1.165) is 24.8 Å². The Morgan fingerprint density at radius 3 is 2.57 bits per heavy atom. The predicted molar refractivity (Wildman–Crippen MR) is 135 cm³/mol. The zero-order chi connectivity index (χ0) is 26.4. The molecular formula is C29H27FN2O5. The van der Waals surface area contributed by atoms with Crippen molar-refractivity contribution in [3.8, 4) is 29.1 Å². The fourth-order valence-electron chi connectivity index (χ4n) is 4.11. The van der Waals surface area contributed by atoms with Crippen LogP contribution in [0.1, 0.15) is 53.6 Å². The van der Waals surface area contributed by atoms with Gasteiger partial charge >= 0.3 is 5.97 Å². The molecule has 1 aliphatic heterocycles. The predicted octanol–water partition coefficient (Wildman–Crippen LogP) is 5.84. The lowest BCUT2D eigenvalue weighted by Crippen LogP contribution is -2.21. The van der Waals surface area contributed by atoms with Crippen LogP contribution in [0.2, 0.25) is 0 Å². The molecule has 3 aromatic carbocycles. The maximum atomic E-state index is 13.2. The molecule has 1 heterocycles. The van der Waals surface area contributed by atoms with Gasteiger partial charge in [-0.3, -0.25) is 0 Å². The molecule has 0 aliphatic carbocycles. The van der Waals surface area contributed by atoms with Gasteiger partial charge in [0.25, 0.3) is 0 Å². The number of allylic oxidation sites excluding steroid dienone is 1. The van der Waals surface area contributed by atoms with Gasteiger partial charge in [-0.1, -0.05) is 31.9 Å². The number of nitriles is 1. The summed E-state index contributed by atoms with van der Waals surface area (Å²) in [6, 6.07) is 17.6. The standard InChI is InChI=1S/C29H27FN2O5/c1-3-4-5-14-35-24-13-8-19(15-26(24)34-2)27-22-12-11-21(16-25(22)37-28(32)23(27)17-31)36-29(33)18-6-9-20(30)10-7-18/h6-13,15-16,27H,3-5,14,32H2,1-2H3. The average Bonchev–Trinajstić information content (AvgIpc) is 2.90. The largest absolute Gasteiger partial charge is 0.493 e. The first-order valence-corrected chi connectivity index (χ1v) is 11.9. The monoisotopic (exact) mass is 502 g/mol. The summed E-state index contributed by atoms with van der Waals surface area (Å²) in [5, 5.41) is 9.87. The summed E-state index contributed by atoms with van der Waals surface area (Å²) in [7, 11) is 1.56. The smallest absolute Gasteiger partial charge is 0.343 e. The summed E-state index contributed by atoms with van der Waals surface area (Å²) in [5.74, 6) is 0.0643. The average molecular weight is 503 g/mol. The molecule has 0 saturated heterocycles. The van der Waals surface area contributed by atoms with E-state index in [4.69, 9.17) is 24.7 Å². The molecule has 3 aromatic rings. The molecule has 8 heteroatoms. The highest BCUT2D eigenvalue weighted by Crippen LogP contribution is 2.45. The van der Waals surface area contributed by atoms with Crippen LogP contribution in [0.4, 0.5) is 4.39 Å². The zero-order valence-electron chi connectivity index (χ0n) is 20.6. The fraction of sp³-hybridized carbons (Fsp3) is 0.241. The molecule has 0 bridgehead atoms. The molecule has 0 amide bonds. The quantitative estimate of drug-likeness (QED) is 0.223. The number of ether oxygens (including phenoxy) is 4. The Balaban J connectivity index is 1.63. The van der Waals surface area contributed by atoms with Gasteiger partial charge < -0.3 is 24.7 Å². The highest BCUT2D eigenvalue weighted by atomic mass is 19.1. The third kappa shape index (κ3) is 5.67. The van der Waals surface area contributed by atoms with Crippen LogP contribution in [0, 0.1) is 17.1 Å². The Hall–Kier alpha value is -4.51. The molecule has 2 N–H and O–H groups in total. The van der Waals surface area contributed by atoms with Crippen molar-refractivity contribution in [3.05, 3.63) is 94.6 Å². The van der Waals surface area contributed by atoms with E-state index in [-0.39, 0.29) is 22.8 Å². The van der Waals surface area contributed by atoms with Crippen molar-refractivity contribution in [1.82, 2.24) is 0 Å². The second-order valence-corrected chi connectivity index (χ2v) is 8.49. The summed E-state index contributed by atoms with van der Waals surface area (Å²) in [6.45, 7) is 2.71. The Morgan fingerprint density at radius 1 is 1.08 bits per heavy atom. The number of hydrogen-bond donors (Lipinski definition) is 1. The van der Waals surface area contributed by atoms with Gasteiger partial charge in [0.15, 0.2) is 11.5 Å². The molecule has 37 heavy (non-hydrogen) atoms. The van der Waals surface area contributed by atoms with Gasteiger partial charge in [0.05, 0.1) is 25.2 Å². The van der Waals surface area contributed by atoms with Gasteiger partial charge in [-0.2, -0.15) is 5.26 Å². The Morgan fingerprint density at radius 2 is 1.86 bits per heavy atom. The summed E-state index contributed by atoms with van der Waals surface area (Å²) in [6.07, 6.45) is 3.12. The SMILES string of the molecule is CCCCCOc1ccc(C2C(C#N)=C(N)Oc3cc(OC(=O)c4ccc(F)cc4)ccc32)cc1OC. The summed E-state index contributed by atoms with van der Waals surface area (Å²) in [5.41, 5.74) is 8.01. The molecular weight excluding hydrogens is 475 g/mol. The number of carbonyl (C=O) groups excluding carboxylic acids is 1. The van der Waals surface area contributed by atoms with E-state index >= 15 is 0 Å². The van der Waals surface area contributed by atoms with Crippen molar-refractivity contribution in [3.63, 3.8) is 0 Å². The normalized spacial score (nSPS) is 14.3. The van der Waals surface area contributed by atoms with Crippen LogP contribution < -0.4 is 24.7 Å². The van der Waals surface area contributed by atoms with Gasteiger partial charge in [-0.05, 0) is 54.4 Å². The molecule has 0 fully saturated rings. The minimum Gasteiger partial charge on any atom is -0.493 e. The second-order valence-electron chi connectivity index (χ2n) is 8.49. The van der Waals surface area contributed by atoms with E-state index in [9.17, 15) is 14.4 Å². The van der Waals surface area contributed by atoms with Gasteiger partial charge in [0, 0.05) is 11.6 Å². The van der Waals surface area contributed by atoms with Gasteiger partial charge in [0.2, 0.25) is 5.88 Å². The number of fused-ring (bicyclic) bond motifs is 1. The fourth-order valence-corrected chi connectivity index (χ4v) is 4.11. The van der Waals surface area contributed by atoms with Crippen molar-refractivity contribution < 1.29 is 28.1 Å². The Bertz CT molecular complexity index is 1360. The van der Waals surface area contributed by atoms with E-state index in [2.05, 4.69) is 13.0 Å². The van der Waals surface area contributed by atoms with Crippen LogP contribution in [-0.4, -0.2) is 19.7 Å². The molecule has 7 nitrogen and oxygen atoms in total. The molecule has 0 radical (unpaired) electrons. The third-order valence-corrected chi connectivity index (χ3v) is 6.01. The summed E-state index contributed by atoms with van der Waals surface area (Å²) < 4.78 is 35.8. The van der Waals surface area contributed by atoms with E-state index in [1.165, 1.54) is 30.3 Å². The molecule has 0 spiro atoms. The second kappa shape index (κ2) is 11.5. The molecule has 1 aliphatic rings. The Kier molecular flexibility index (Phi) is 7.94. The van der Waals surface area contributed by atoms with E-state index in [0.29, 0.717) is 29.4 Å². The summed E-state index contributed by atoms with van der Waals surface area (Å²) >= 11 is 0. The van der Waals surface area contributed by atoms with Crippen LogP contribution >= 0.6 is 0 Å². The first kappa shape index (κ1) is 25.6. The number of hydrogen-bond acceptors (Lipinski definition) is 7. The lowest BCUT2D eigenvalue weighted by Gasteiger charge is -2.27. The van der Waals surface area contributed by atoms with Crippen LogP contribution in [0.25, 0.3) is 0 Å². The van der Waals surface area contributed by atoms with Crippen molar-refractivity contribution in [1.29, 1.82) is 5.26 Å². The number of nitrogens with two attached hydrogens (primary N) is 1. The number of rotatable bonds is 9. The molecule has 190 valence electrons. The molecule has 1 atom stereocenters. The number of halogens is 1. The maximum absolute atomic E-state index is 13.2.